The van der Waals surface area contributed by atoms with Crippen molar-refractivity contribution in [3.05, 3.63) is 41.5 Å². The summed E-state index contributed by atoms with van der Waals surface area (Å²) in [5.74, 6) is -0.176. The van der Waals surface area contributed by atoms with Crippen LogP contribution < -0.4 is 0 Å². The van der Waals surface area contributed by atoms with Crippen LogP contribution in [0, 0.1) is 5.92 Å². The molecular weight excluding hydrogens is 264 g/mol. The first-order valence-electron chi connectivity index (χ1n) is 7.56. The van der Waals surface area contributed by atoms with Gasteiger partial charge in [0, 0.05) is 13.2 Å². The van der Waals surface area contributed by atoms with Crippen LogP contribution in [0.4, 0.5) is 0 Å². The summed E-state index contributed by atoms with van der Waals surface area (Å²) in [5, 5.41) is 8.61. The highest BCUT2D eigenvalue weighted by Crippen LogP contribution is 2.24. The van der Waals surface area contributed by atoms with E-state index in [-0.39, 0.29) is 6.10 Å². The first-order chi connectivity index (χ1) is 10.0. The van der Waals surface area contributed by atoms with Crippen molar-refractivity contribution in [2.75, 3.05) is 7.11 Å². The van der Waals surface area contributed by atoms with Gasteiger partial charge in [-0.1, -0.05) is 57.4 Å². The van der Waals surface area contributed by atoms with E-state index >= 15 is 0 Å². The Balaban J connectivity index is 2.54. The number of carboxylic acid groups (broad SMARTS) is 1. The molecule has 0 bridgehead atoms. The first kappa shape index (κ1) is 17.4. The van der Waals surface area contributed by atoms with Crippen LogP contribution in [0.5, 0.6) is 0 Å². The number of hydrogen-bond acceptors (Lipinski definition) is 2. The fourth-order valence-electron chi connectivity index (χ4n) is 2.29. The van der Waals surface area contributed by atoms with E-state index in [2.05, 4.69) is 13.8 Å². The SMILES string of the molecule is COC(CCCCC(C)C)c1ccc(C=CC(=O)O)cc1. The molecular formula is C18H26O3. The lowest BCUT2D eigenvalue weighted by Crippen LogP contribution is -2.02. The molecule has 3 nitrogen and oxygen atoms in total. The fourth-order valence-corrected chi connectivity index (χ4v) is 2.29. The molecule has 1 aromatic rings. The number of unbranched alkanes of at least 4 members (excludes halogenated alkanes) is 1. The van der Waals surface area contributed by atoms with Crippen LogP contribution in [-0.4, -0.2) is 18.2 Å². The van der Waals surface area contributed by atoms with E-state index in [1.807, 2.05) is 24.3 Å². The molecule has 0 amide bonds. The highest BCUT2D eigenvalue weighted by Gasteiger charge is 2.10. The number of carboxylic acids is 1. The van der Waals surface area contributed by atoms with Crippen molar-refractivity contribution in [1.29, 1.82) is 0 Å². The zero-order valence-electron chi connectivity index (χ0n) is 13.2. The number of carbonyl (C=O) groups is 1. The summed E-state index contributed by atoms with van der Waals surface area (Å²) in [5.41, 5.74) is 2.03. The van der Waals surface area contributed by atoms with Crippen LogP contribution in [0.25, 0.3) is 6.08 Å². The minimum Gasteiger partial charge on any atom is -0.478 e. The minimum absolute atomic E-state index is 0.120. The van der Waals surface area contributed by atoms with E-state index in [1.54, 1.807) is 13.2 Å². The molecule has 0 radical (unpaired) electrons. The molecule has 1 aromatic carbocycles. The molecule has 0 aliphatic rings. The maximum atomic E-state index is 10.5. The third kappa shape index (κ3) is 7.09. The van der Waals surface area contributed by atoms with E-state index in [0.717, 1.165) is 36.0 Å². The molecule has 1 unspecified atom stereocenters. The minimum atomic E-state index is -0.931. The molecule has 21 heavy (non-hydrogen) atoms. The van der Waals surface area contributed by atoms with E-state index in [4.69, 9.17) is 9.84 Å². The number of methoxy groups -OCH3 is 1. The Labute approximate surface area is 127 Å². The molecule has 3 heteroatoms. The van der Waals surface area contributed by atoms with Gasteiger partial charge in [-0.2, -0.15) is 0 Å². The van der Waals surface area contributed by atoms with Crippen LogP contribution in [0.1, 0.15) is 56.8 Å². The monoisotopic (exact) mass is 290 g/mol. The molecule has 0 aromatic heterocycles. The normalized spacial score (nSPS) is 13.0. The average Bonchev–Trinajstić information content (AvgIpc) is 2.46. The van der Waals surface area contributed by atoms with Gasteiger partial charge >= 0.3 is 5.97 Å². The van der Waals surface area contributed by atoms with Gasteiger partial charge < -0.3 is 9.84 Å². The molecule has 1 N–H and O–H groups in total. The quantitative estimate of drug-likeness (QED) is 0.530. The van der Waals surface area contributed by atoms with Gasteiger partial charge in [-0.25, -0.2) is 4.79 Å². The standard InChI is InChI=1S/C18H26O3/c1-14(2)6-4-5-7-17(21-3)16-11-8-15(9-12-16)10-13-18(19)20/h8-14,17H,4-7H2,1-3H3,(H,19,20). The Morgan fingerprint density at radius 3 is 2.33 bits per heavy atom. The van der Waals surface area contributed by atoms with Gasteiger partial charge in [-0.15, -0.1) is 0 Å². The first-order valence-corrected chi connectivity index (χ1v) is 7.56. The van der Waals surface area contributed by atoms with Gasteiger partial charge in [0.1, 0.15) is 0 Å². The van der Waals surface area contributed by atoms with Crippen molar-refractivity contribution in [3.63, 3.8) is 0 Å². The summed E-state index contributed by atoms with van der Waals surface area (Å²) in [6.07, 6.45) is 7.54. The Morgan fingerprint density at radius 2 is 1.81 bits per heavy atom. The number of rotatable bonds is 9. The molecule has 0 saturated heterocycles. The summed E-state index contributed by atoms with van der Waals surface area (Å²) >= 11 is 0. The fraction of sp³-hybridized carbons (Fsp3) is 0.500. The molecule has 0 heterocycles. The van der Waals surface area contributed by atoms with Gasteiger partial charge in [0.25, 0.3) is 0 Å². The van der Waals surface area contributed by atoms with Crippen molar-refractivity contribution in [1.82, 2.24) is 0 Å². The molecule has 0 saturated carbocycles. The van der Waals surface area contributed by atoms with Crippen LogP contribution in [0.2, 0.25) is 0 Å². The zero-order valence-corrected chi connectivity index (χ0v) is 13.2. The summed E-state index contributed by atoms with van der Waals surface area (Å²) in [6.45, 7) is 4.49. The highest BCUT2D eigenvalue weighted by atomic mass is 16.5. The van der Waals surface area contributed by atoms with Crippen LogP contribution >= 0.6 is 0 Å². The lowest BCUT2D eigenvalue weighted by molar-refractivity contribution is -0.131. The van der Waals surface area contributed by atoms with Crippen LogP contribution in [0.15, 0.2) is 30.3 Å². The second kappa shape index (κ2) is 9.35. The van der Waals surface area contributed by atoms with Gasteiger partial charge in [0.15, 0.2) is 0 Å². The lowest BCUT2D eigenvalue weighted by Gasteiger charge is -2.16. The topological polar surface area (TPSA) is 46.5 Å². The van der Waals surface area contributed by atoms with Crippen LogP contribution in [-0.2, 0) is 9.53 Å². The Bertz CT molecular complexity index is 446. The maximum Gasteiger partial charge on any atom is 0.328 e. The zero-order chi connectivity index (χ0) is 15.7. The predicted octanol–water partition coefficient (Wildman–Crippen LogP) is 4.69. The van der Waals surface area contributed by atoms with Crippen molar-refractivity contribution in [2.24, 2.45) is 5.92 Å². The van der Waals surface area contributed by atoms with E-state index in [9.17, 15) is 4.79 Å². The van der Waals surface area contributed by atoms with Crippen molar-refractivity contribution in [3.8, 4) is 0 Å². The highest BCUT2D eigenvalue weighted by molar-refractivity contribution is 5.85. The summed E-state index contributed by atoms with van der Waals surface area (Å²) in [7, 11) is 1.74. The second-order valence-corrected chi connectivity index (χ2v) is 5.74. The van der Waals surface area contributed by atoms with E-state index in [1.165, 1.54) is 12.8 Å². The Kier molecular flexibility index (Phi) is 7.76. The number of aliphatic carboxylic acids is 1. The van der Waals surface area contributed by atoms with Crippen LogP contribution in [0.3, 0.4) is 0 Å². The number of hydrogen-bond donors (Lipinski definition) is 1. The average molecular weight is 290 g/mol. The van der Waals surface area contributed by atoms with Crippen molar-refractivity contribution >= 4 is 12.0 Å². The van der Waals surface area contributed by atoms with E-state index in [0.29, 0.717) is 0 Å². The predicted molar refractivity (Wildman–Crippen MR) is 86.2 cm³/mol. The van der Waals surface area contributed by atoms with Gasteiger partial charge in [0.2, 0.25) is 0 Å². The van der Waals surface area contributed by atoms with Crippen molar-refractivity contribution < 1.29 is 14.6 Å². The summed E-state index contributed by atoms with van der Waals surface area (Å²) in [6, 6.07) is 7.88. The maximum absolute atomic E-state index is 10.5. The van der Waals surface area contributed by atoms with E-state index < -0.39 is 5.97 Å². The van der Waals surface area contributed by atoms with Gasteiger partial charge in [-0.05, 0) is 29.5 Å². The molecule has 0 fully saturated rings. The summed E-state index contributed by atoms with van der Waals surface area (Å²) in [4.78, 5) is 10.5. The van der Waals surface area contributed by atoms with Gasteiger partial charge in [-0.3, -0.25) is 0 Å². The lowest BCUT2D eigenvalue weighted by atomic mass is 9.99. The Morgan fingerprint density at radius 1 is 1.19 bits per heavy atom. The molecule has 0 aliphatic heterocycles. The molecule has 1 rings (SSSR count). The molecule has 0 spiro atoms. The van der Waals surface area contributed by atoms with Gasteiger partial charge in [0.05, 0.1) is 6.10 Å². The Hall–Kier alpha value is -1.61. The largest absolute Gasteiger partial charge is 0.478 e. The smallest absolute Gasteiger partial charge is 0.328 e. The molecule has 116 valence electrons. The third-order valence-corrected chi connectivity index (χ3v) is 3.51. The molecule has 0 aliphatic carbocycles. The third-order valence-electron chi connectivity index (χ3n) is 3.51. The molecule has 1 atom stereocenters. The summed E-state index contributed by atoms with van der Waals surface area (Å²) < 4.78 is 5.57. The number of benzene rings is 1. The second-order valence-electron chi connectivity index (χ2n) is 5.74. The van der Waals surface area contributed by atoms with Crippen molar-refractivity contribution in [2.45, 2.75) is 45.6 Å². The number of ether oxygens (including phenoxy) is 1.